The van der Waals surface area contributed by atoms with Gasteiger partial charge in [0.15, 0.2) is 0 Å². The van der Waals surface area contributed by atoms with Gasteiger partial charge in [-0.05, 0) is 61.1 Å². The molecular formula is C26H37NO2. The molecule has 2 rings (SSSR count). The minimum absolute atomic E-state index is 0.0819. The number of nitrogens with zero attached hydrogens (tertiary/aromatic N) is 1. The summed E-state index contributed by atoms with van der Waals surface area (Å²) in [5, 5.41) is 9.45. The Kier molecular flexibility index (Phi) is 9.27. The maximum absolute atomic E-state index is 9.45. The summed E-state index contributed by atoms with van der Waals surface area (Å²) >= 11 is 0. The van der Waals surface area contributed by atoms with Gasteiger partial charge in [-0.1, -0.05) is 51.0 Å². The lowest BCUT2D eigenvalue weighted by molar-refractivity contribution is 0.281. The van der Waals surface area contributed by atoms with Crippen molar-refractivity contribution in [2.24, 2.45) is 0 Å². The average Bonchev–Trinajstić information content (AvgIpc) is 2.74. The largest absolute Gasteiger partial charge is 0.496 e. The molecule has 0 heterocycles. The van der Waals surface area contributed by atoms with Crippen molar-refractivity contribution in [1.82, 2.24) is 0 Å². The Hall–Kier alpha value is -2.26. The molecule has 0 aliphatic rings. The Balaban J connectivity index is 2.28. The maximum Gasteiger partial charge on any atom is 0.128 e. The van der Waals surface area contributed by atoms with Crippen LogP contribution in [-0.4, -0.2) is 25.3 Å². The van der Waals surface area contributed by atoms with Crippen LogP contribution in [0.4, 0.5) is 5.69 Å². The van der Waals surface area contributed by atoms with Crippen LogP contribution in [-0.2, 0) is 6.61 Å². The van der Waals surface area contributed by atoms with Crippen LogP contribution in [0.3, 0.4) is 0 Å². The third kappa shape index (κ3) is 6.37. The molecule has 0 fully saturated rings. The second kappa shape index (κ2) is 11.7. The number of anilines is 1. The van der Waals surface area contributed by atoms with Crippen LogP contribution in [0.1, 0.15) is 67.3 Å². The van der Waals surface area contributed by atoms with Gasteiger partial charge in [0.25, 0.3) is 0 Å². The molecule has 0 amide bonds. The highest BCUT2D eigenvalue weighted by molar-refractivity contribution is 5.75. The molecule has 1 N–H and O–H groups in total. The van der Waals surface area contributed by atoms with Crippen molar-refractivity contribution in [1.29, 1.82) is 0 Å². The number of aryl methyl sites for hydroxylation is 2. The Bertz CT molecular complexity index is 803. The molecule has 0 saturated carbocycles. The summed E-state index contributed by atoms with van der Waals surface area (Å²) in [6, 6.07) is 10.7. The zero-order valence-corrected chi connectivity index (χ0v) is 18.8. The van der Waals surface area contributed by atoms with Crippen molar-refractivity contribution in [2.45, 2.75) is 60.0 Å². The number of rotatable bonds is 11. The van der Waals surface area contributed by atoms with Gasteiger partial charge in [0.2, 0.25) is 0 Å². The second-order valence-electron chi connectivity index (χ2n) is 7.75. The molecule has 0 bridgehead atoms. The normalized spacial score (nSPS) is 11.2. The van der Waals surface area contributed by atoms with Gasteiger partial charge in [-0.15, -0.1) is 0 Å². The van der Waals surface area contributed by atoms with Crippen molar-refractivity contribution in [3.63, 3.8) is 0 Å². The van der Waals surface area contributed by atoms with Gasteiger partial charge in [0, 0.05) is 30.4 Å². The van der Waals surface area contributed by atoms with E-state index in [9.17, 15) is 5.11 Å². The number of unbranched alkanes of at least 4 members (excludes halogenated alkanes) is 2. The number of aliphatic hydroxyl groups excluding tert-OH is 1. The monoisotopic (exact) mass is 395 g/mol. The van der Waals surface area contributed by atoms with E-state index in [4.69, 9.17) is 4.74 Å². The summed E-state index contributed by atoms with van der Waals surface area (Å²) in [6.45, 7) is 10.9. The Morgan fingerprint density at radius 3 is 2.14 bits per heavy atom. The standard InChI is InChI=1S/C26H37NO2/c1-6-8-14-27(15-9-7-2)25-13-12-22(26(18-25)29-5)10-11-23-16-21(4)24(19-28)17-20(23)3/h10-13,16-18,28H,6-9,14-15,19H2,1-5H3. The lowest BCUT2D eigenvalue weighted by Crippen LogP contribution is -2.25. The first-order valence-electron chi connectivity index (χ1n) is 10.9. The zero-order chi connectivity index (χ0) is 21.2. The lowest BCUT2D eigenvalue weighted by Gasteiger charge is -2.25. The predicted molar refractivity (Wildman–Crippen MR) is 126 cm³/mol. The zero-order valence-electron chi connectivity index (χ0n) is 18.8. The van der Waals surface area contributed by atoms with Crippen molar-refractivity contribution in [2.75, 3.05) is 25.1 Å². The smallest absolute Gasteiger partial charge is 0.128 e. The number of hydrogen-bond acceptors (Lipinski definition) is 3. The number of methoxy groups -OCH3 is 1. The number of ether oxygens (including phenoxy) is 1. The van der Waals surface area contributed by atoms with Crippen LogP contribution >= 0.6 is 0 Å². The SMILES string of the molecule is CCCCN(CCCC)c1ccc(C=Cc2cc(C)c(CO)cc2C)c(OC)c1. The highest BCUT2D eigenvalue weighted by atomic mass is 16.5. The van der Waals surface area contributed by atoms with E-state index in [1.807, 2.05) is 6.92 Å². The van der Waals surface area contributed by atoms with Gasteiger partial charge in [0.1, 0.15) is 5.75 Å². The summed E-state index contributed by atoms with van der Waals surface area (Å²) in [6.07, 6.45) is 9.06. The van der Waals surface area contributed by atoms with E-state index in [1.165, 1.54) is 36.9 Å². The second-order valence-corrected chi connectivity index (χ2v) is 7.75. The molecule has 158 valence electrons. The molecule has 0 aliphatic carbocycles. The third-order valence-electron chi connectivity index (χ3n) is 5.48. The van der Waals surface area contributed by atoms with Crippen LogP contribution in [0.2, 0.25) is 0 Å². The van der Waals surface area contributed by atoms with Gasteiger partial charge in [0.05, 0.1) is 13.7 Å². The first-order valence-corrected chi connectivity index (χ1v) is 10.9. The quantitative estimate of drug-likeness (QED) is 0.448. The Morgan fingerprint density at radius 1 is 0.897 bits per heavy atom. The van der Waals surface area contributed by atoms with Gasteiger partial charge in [-0.2, -0.15) is 0 Å². The molecule has 0 radical (unpaired) electrons. The molecule has 29 heavy (non-hydrogen) atoms. The number of benzene rings is 2. The van der Waals surface area contributed by atoms with Crippen LogP contribution in [0.25, 0.3) is 12.2 Å². The molecule has 2 aromatic rings. The molecular weight excluding hydrogens is 358 g/mol. The van der Waals surface area contributed by atoms with E-state index in [1.54, 1.807) is 7.11 Å². The fourth-order valence-corrected chi connectivity index (χ4v) is 3.53. The summed E-state index contributed by atoms with van der Waals surface area (Å²) in [7, 11) is 1.74. The van der Waals surface area contributed by atoms with Gasteiger partial charge in [-0.25, -0.2) is 0 Å². The minimum Gasteiger partial charge on any atom is -0.496 e. The number of aliphatic hydroxyl groups is 1. The van der Waals surface area contributed by atoms with Crippen LogP contribution in [0.5, 0.6) is 5.75 Å². The Labute approximate surface area is 177 Å². The summed E-state index contributed by atoms with van der Waals surface area (Å²) in [5.74, 6) is 0.901. The van der Waals surface area contributed by atoms with E-state index in [0.717, 1.165) is 41.1 Å². The number of hydrogen-bond donors (Lipinski definition) is 1. The average molecular weight is 396 g/mol. The van der Waals surface area contributed by atoms with E-state index in [-0.39, 0.29) is 6.61 Å². The fraction of sp³-hybridized carbons (Fsp3) is 0.462. The molecule has 3 heteroatoms. The summed E-state index contributed by atoms with van der Waals surface area (Å²) in [4.78, 5) is 2.48. The lowest BCUT2D eigenvalue weighted by atomic mass is 9.99. The molecule has 3 nitrogen and oxygen atoms in total. The Morgan fingerprint density at radius 2 is 1.55 bits per heavy atom. The highest BCUT2D eigenvalue weighted by Crippen LogP contribution is 2.28. The first-order chi connectivity index (χ1) is 14.0. The molecule has 0 aromatic heterocycles. The molecule has 0 saturated heterocycles. The van der Waals surface area contributed by atoms with E-state index < -0.39 is 0 Å². The van der Waals surface area contributed by atoms with E-state index in [2.05, 4.69) is 68.2 Å². The van der Waals surface area contributed by atoms with E-state index in [0.29, 0.717) is 0 Å². The van der Waals surface area contributed by atoms with Crippen molar-refractivity contribution in [3.05, 3.63) is 58.1 Å². The van der Waals surface area contributed by atoms with Gasteiger partial charge >= 0.3 is 0 Å². The van der Waals surface area contributed by atoms with Crippen LogP contribution in [0.15, 0.2) is 30.3 Å². The van der Waals surface area contributed by atoms with Crippen LogP contribution in [0, 0.1) is 13.8 Å². The van der Waals surface area contributed by atoms with Gasteiger partial charge in [-0.3, -0.25) is 0 Å². The first kappa shape index (κ1) is 23.0. The predicted octanol–water partition coefficient (Wildman–Crippen LogP) is 6.38. The van der Waals surface area contributed by atoms with Crippen molar-refractivity contribution < 1.29 is 9.84 Å². The molecule has 0 unspecified atom stereocenters. The van der Waals surface area contributed by atoms with Crippen molar-refractivity contribution in [3.8, 4) is 5.75 Å². The molecule has 2 aromatic carbocycles. The fourth-order valence-electron chi connectivity index (χ4n) is 3.53. The summed E-state index contributed by atoms with van der Waals surface area (Å²) in [5.41, 5.74) is 6.74. The molecule has 0 atom stereocenters. The molecule has 0 spiro atoms. The van der Waals surface area contributed by atoms with Crippen molar-refractivity contribution >= 4 is 17.8 Å². The molecule has 0 aliphatic heterocycles. The maximum atomic E-state index is 9.45. The summed E-state index contributed by atoms with van der Waals surface area (Å²) < 4.78 is 5.71. The van der Waals surface area contributed by atoms with Crippen LogP contribution < -0.4 is 9.64 Å². The van der Waals surface area contributed by atoms with Gasteiger partial charge < -0.3 is 14.7 Å². The van der Waals surface area contributed by atoms with E-state index >= 15 is 0 Å². The topological polar surface area (TPSA) is 32.7 Å². The minimum atomic E-state index is 0.0819. The third-order valence-corrected chi connectivity index (χ3v) is 5.48. The highest BCUT2D eigenvalue weighted by Gasteiger charge is 2.09.